The van der Waals surface area contributed by atoms with Crippen molar-refractivity contribution < 1.29 is 8.42 Å². The predicted molar refractivity (Wildman–Crippen MR) is 97.2 cm³/mol. The van der Waals surface area contributed by atoms with Crippen LogP contribution >= 0.6 is 0 Å². The van der Waals surface area contributed by atoms with E-state index < -0.39 is 10.0 Å². The molecule has 23 heavy (non-hydrogen) atoms. The summed E-state index contributed by atoms with van der Waals surface area (Å²) in [5, 5.41) is 6.76. The van der Waals surface area contributed by atoms with Gasteiger partial charge < -0.3 is 10.6 Å². The second kappa shape index (κ2) is 10.1. The highest BCUT2D eigenvalue weighted by molar-refractivity contribution is 7.89. The van der Waals surface area contributed by atoms with Crippen molar-refractivity contribution in [2.24, 2.45) is 10.9 Å². The van der Waals surface area contributed by atoms with Gasteiger partial charge in [0.05, 0.1) is 5.75 Å². The summed E-state index contributed by atoms with van der Waals surface area (Å²) in [6.45, 7) is 11.0. The normalized spacial score (nSPS) is 18.4. The first-order chi connectivity index (χ1) is 11.0. The molecule has 1 fully saturated rings. The van der Waals surface area contributed by atoms with Crippen LogP contribution in [0.25, 0.3) is 0 Å². The van der Waals surface area contributed by atoms with E-state index in [0.29, 0.717) is 19.0 Å². The van der Waals surface area contributed by atoms with Gasteiger partial charge in [-0.2, -0.15) is 0 Å². The molecule has 1 aliphatic heterocycles. The molecule has 0 aromatic heterocycles. The van der Waals surface area contributed by atoms with Gasteiger partial charge in [-0.15, -0.1) is 0 Å². The van der Waals surface area contributed by atoms with Gasteiger partial charge in [0.15, 0.2) is 5.96 Å². The zero-order chi connectivity index (χ0) is 17.3. The number of aliphatic imine (C=N–C) groups is 1. The van der Waals surface area contributed by atoms with Gasteiger partial charge in [-0.05, 0) is 32.6 Å². The van der Waals surface area contributed by atoms with Gasteiger partial charge in [-0.1, -0.05) is 26.7 Å². The van der Waals surface area contributed by atoms with Crippen LogP contribution in [0.4, 0.5) is 0 Å². The minimum Gasteiger partial charge on any atom is -0.357 e. The van der Waals surface area contributed by atoms with Crippen LogP contribution in [0.15, 0.2) is 4.99 Å². The molecule has 0 amide bonds. The first kappa shape index (κ1) is 20.2. The summed E-state index contributed by atoms with van der Waals surface area (Å²) in [7, 11) is -3.05. The molecule has 0 bridgehead atoms. The summed E-state index contributed by atoms with van der Waals surface area (Å²) in [6.07, 6.45) is 3.95. The number of rotatable bonds is 8. The summed E-state index contributed by atoms with van der Waals surface area (Å²) < 4.78 is 25.4. The van der Waals surface area contributed by atoms with Crippen LogP contribution in [0, 0.1) is 5.92 Å². The van der Waals surface area contributed by atoms with Crippen molar-refractivity contribution in [1.82, 2.24) is 14.9 Å². The lowest BCUT2D eigenvalue weighted by Crippen LogP contribution is -2.50. The molecule has 6 nitrogen and oxygen atoms in total. The highest BCUT2D eigenvalue weighted by Gasteiger charge is 2.26. The van der Waals surface area contributed by atoms with Crippen molar-refractivity contribution >= 4 is 16.0 Å². The fourth-order valence-electron chi connectivity index (χ4n) is 2.74. The fraction of sp³-hybridized carbons (Fsp3) is 0.938. The zero-order valence-electron chi connectivity index (χ0n) is 15.1. The highest BCUT2D eigenvalue weighted by atomic mass is 32.2. The van der Waals surface area contributed by atoms with E-state index in [1.807, 2.05) is 0 Å². The van der Waals surface area contributed by atoms with E-state index in [1.165, 1.54) is 0 Å². The molecular weight excluding hydrogens is 312 g/mol. The molecular formula is C16H34N4O2S. The van der Waals surface area contributed by atoms with Gasteiger partial charge in [0.2, 0.25) is 10.0 Å². The van der Waals surface area contributed by atoms with Crippen molar-refractivity contribution in [3.63, 3.8) is 0 Å². The van der Waals surface area contributed by atoms with Crippen molar-refractivity contribution in [2.45, 2.75) is 59.4 Å². The quantitative estimate of drug-likeness (QED) is 0.519. The van der Waals surface area contributed by atoms with Crippen LogP contribution in [0.1, 0.15) is 53.4 Å². The van der Waals surface area contributed by atoms with E-state index in [2.05, 4.69) is 31.4 Å². The Bertz CT molecular complexity index is 453. The van der Waals surface area contributed by atoms with Gasteiger partial charge in [0.1, 0.15) is 0 Å². The maximum atomic E-state index is 11.9. The van der Waals surface area contributed by atoms with E-state index >= 15 is 0 Å². The number of hydrogen-bond acceptors (Lipinski definition) is 3. The Morgan fingerprint density at radius 1 is 1.17 bits per heavy atom. The average Bonchev–Trinajstić information content (AvgIpc) is 2.56. The predicted octanol–water partition coefficient (Wildman–Crippen LogP) is 1.79. The van der Waals surface area contributed by atoms with Crippen LogP contribution < -0.4 is 10.6 Å². The molecule has 136 valence electrons. The summed E-state index contributed by atoms with van der Waals surface area (Å²) in [4.78, 5) is 4.70. The highest BCUT2D eigenvalue weighted by Crippen LogP contribution is 2.14. The minimum atomic E-state index is -3.05. The first-order valence-electron chi connectivity index (χ1n) is 8.99. The van der Waals surface area contributed by atoms with Gasteiger partial charge in [0, 0.05) is 32.2 Å². The lowest BCUT2D eigenvalue weighted by atomic mass is 10.0. The third-order valence-electron chi connectivity index (χ3n) is 4.56. The van der Waals surface area contributed by atoms with Crippen molar-refractivity contribution in [2.75, 3.05) is 31.9 Å². The lowest BCUT2D eigenvalue weighted by molar-refractivity contribution is 0.306. The molecule has 1 saturated heterocycles. The number of piperidine rings is 1. The Hall–Kier alpha value is -0.820. The van der Waals surface area contributed by atoms with Crippen LogP contribution in [0.2, 0.25) is 0 Å². The first-order valence-corrected chi connectivity index (χ1v) is 10.6. The maximum Gasteiger partial charge on any atom is 0.213 e. The minimum absolute atomic E-state index is 0.185. The van der Waals surface area contributed by atoms with E-state index in [9.17, 15) is 8.42 Å². The van der Waals surface area contributed by atoms with Gasteiger partial charge in [-0.3, -0.25) is 4.99 Å². The van der Waals surface area contributed by atoms with Gasteiger partial charge in [-0.25, -0.2) is 12.7 Å². The third kappa shape index (κ3) is 6.67. The smallest absolute Gasteiger partial charge is 0.213 e. The van der Waals surface area contributed by atoms with Crippen LogP contribution in [-0.2, 0) is 10.0 Å². The van der Waals surface area contributed by atoms with Crippen LogP contribution in [0.5, 0.6) is 0 Å². The van der Waals surface area contributed by atoms with E-state index in [-0.39, 0.29) is 11.8 Å². The lowest BCUT2D eigenvalue weighted by Gasteiger charge is -2.32. The fourth-order valence-corrected chi connectivity index (χ4v) is 3.87. The largest absolute Gasteiger partial charge is 0.357 e. The second-order valence-corrected chi connectivity index (χ2v) is 8.38. The molecule has 1 aliphatic rings. The monoisotopic (exact) mass is 346 g/mol. The molecule has 1 rings (SSSR count). The molecule has 0 unspecified atom stereocenters. The Morgan fingerprint density at radius 3 is 2.26 bits per heavy atom. The Kier molecular flexibility index (Phi) is 8.91. The summed E-state index contributed by atoms with van der Waals surface area (Å²) in [6, 6.07) is 0.290. The standard InChI is InChI=1S/C16H34N4O2S/c1-5-14(6-2)13-18-16(17-7-3)19-15-9-11-20(12-10-15)23(21,22)8-4/h14-15H,5-13H2,1-4H3,(H2,17,18,19). The summed E-state index contributed by atoms with van der Waals surface area (Å²) in [5.41, 5.74) is 0. The molecule has 0 saturated carbocycles. The molecule has 0 atom stereocenters. The van der Waals surface area contributed by atoms with E-state index in [0.717, 1.165) is 44.7 Å². The second-order valence-electron chi connectivity index (χ2n) is 6.12. The molecule has 0 aromatic rings. The molecule has 0 aromatic carbocycles. The number of sulfonamides is 1. The topological polar surface area (TPSA) is 73.8 Å². The van der Waals surface area contributed by atoms with Crippen LogP contribution in [-0.4, -0.2) is 56.7 Å². The third-order valence-corrected chi connectivity index (χ3v) is 6.44. The molecule has 0 radical (unpaired) electrons. The van der Waals surface area contributed by atoms with Crippen molar-refractivity contribution in [3.05, 3.63) is 0 Å². The van der Waals surface area contributed by atoms with Gasteiger partial charge in [0.25, 0.3) is 0 Å². The van der Waals surface area contributed by atoms with Crippen LogP contribution in [0.3, 0.4) is 0 Å². The molecule has 2 N–H and O–H groups in total. The van der Waals surface area contributed by atoms with Gasteiger partial charge >= 0.3 is 0 Å². The average molecular weight is 347 g/mol. The summed E-state index contributed by atoms with van der Waals surface area (Å²) in [5.74, 6) is 1.67. The van der Waals surface area contributed by atoms with E-state index in [4.69, 9.17) is 4.99 Å². The molecule has 0 spiro atoms. The number of guanidine groups is 1. The maximum absolute atomic E-state index is 11.9. The number of nitrogens with zero attached hydrogens (tertiary/aromatic N) is 2. The molecule has 0 aliphatic carbocycles. The Balaban J connectivity index is 2.54. The van der Waals surface area contributed by atoms with Crippen molar-refractivity contribution in [1.29, 1.82) is 0 Å². The van der Waals surface area contributed by atoms with E-state index in [1.54, 1.807) is 11.2 Å². The van der Waals surface area contributed by atoms with Crippen molar-refractivity contribution in [3.8, 4) is 0 Å². The Labute approximate surface area is 142 Å². The number of nitrogens with one attached hydrogen (secondary N) is 2. The zero-order valence-corrected chi connectivity index (χ0v) is 16.0. The SMILES string of the molecule is CCNC(=NCC(CC)CC)NC1CCN(S(=O)(=O)CC)CC1. The Morgan fingerprint density at radius 2 is 1.78 bits per heavy atom. The number of hydrogen-bond donors (Lipinski definition) is 2. The molecule has 1 heterocycles. The molecule has 7 heteroatoms. The summed E-state index contributed by atoms with van der Waals surface area (Å²) >= 11 is 0.